The lowest BCUT2D eigenvalue weighted by Gasteiger charge is -2.06. The fraction of sp³-hybridized carbons (Fsp3) is 0.111. The van der Waals surface area contributed by atoms with Crippen LogP contribution in [0.2, 0.25) is 0 Å². The van der Waals surface area contributed by atoms with Gasteiger partial charge in [-0.15, -0.1) is 0 Å². The Labute approximate surface area is 128 Å². The quantitative estimate of drug-likeness (QED) is 0.641. The molecule has 0 N–H and O–H groups in total. The first-order valence-corrected chi connectivity index (χ1v) is 7.07. The molecule has 0 radical (unpaired) electrons. The van der Waals surface area contributed by atoms with Crippen LogP contribution in [0.15, 0.2) is 65.3 Å². The molecule has 3 rings (SSSR count). The van der Waals surface area contributed by atoms with Crippen molar-refractivity contribution in [3.05, 3.63) is 71.4 Å². The van der Waals surface area contributed by atoms with Gasteiger partial charge in [-0.25, -0.2) is 9.79 Å². The highest BCUT2D eigenvalue weighted by molar-refractivity contribution is 6.12. The Balaban J connectivity index is 1.95. The zero-order valence-electron chi connectivity index (χ0n) is 12.2. The summed E-state index contributed by atoms with van der Waals surface area (Å²) < 4.78 is 10.8. The number of carbonyl (C=O) groups is 1. The van der Waals surface area contributed by atoms with Gasteiger partial charge in [0.1, 0.15) is 5.75 Å². The van der Waals surface area contributed by atoms with Crippen LogP contribution >= 0.6 is 0 Å². The van der Waals surface area contributed by atoms with Gasteiger partial charge in [-0.2, -0.15) is 0 Å². The predicted octanol–water partition coefficient (Wildman–Crippen LogP) is 3.43. The van der Waals surface area contributed by atoms with Crippen LogP contribution in [0.3, 0.4) is 0 Å². The molecule has 0 amide bonds. The number of ether oxygens (including phenoxy) is 2. The van der Waals surface area contributed by atoms with Crippen molar-refractivity contribution < 1.29 is 14.3 Å². The lowest BCUT2D eigenvalue weighted by molar-refractivity contribution is -0.129. The van der Waals surface area contributed by atoms with Crippen molar-refractivity contribution in [1.29, 1.82) is 0 Å². The van der Waals surface area contributed by atoms with Crippen LogP contribution in [-0.2, 0) is 9.53 Å². The summed E-state index contributed by atoms with van der Waals surface area (Å²) in [4.78, 5) is 16.3. The monoisotopic (exact) mass is 293 g/mol. The molecule has 4 heteroatoms. The first kappa shape index (κ1) is 14.1. The lowest BCUT2D eigenvalue weighted by Crippen LogP contribution is -2.05. The number of hydrogen-bond acceptors (Lipinski definition) is 4. The second-order valence-corrected chi connectivity index (χ2v) is 4.67. The van der Waals surface area contributed by atoms with Gasteiger partial charge in [0.15, 0.2) is 5.70 Å². The minimum atomic E-state index is -0.454. The minimum absolute atomic E-state index is 0.269. The van der Waals surface area contributed by atoms with E-state index in [9.17, 15) is 4.79 Å². The molecule has 1 aliphatic rings. The smallest absolute Gasteiger partial charge is 0.363 e. The molecule has 0 saturated carbocycles. The number of esters is 1. The van der Waals surface area contributed by atoms with Crippen molar-refractivity contribution in [2.75, 3.05) is 6.61 Å². The summed E-state index contributed by atoms with van der Waals surface area (Å²) in [6.07, 6.45) is 1.68. The van der Waals surface area contributed by atoms with E-state index in [1.54, 1.807) is 6.08 Å². The van der Waals surface area contributed by atoms with E-state index in [-0.39, 0.29) is 5.70 Å². The van der Waals surface area contributed by atoms with Gasteiger partial charge in [0.05, 0.1) is 6.61 Å². The zero-order valence-corrected chi connectivity index (χ0v) is 12.2. The van der Waals surface area contributed by atoms with E-state index in [2.05, 4.69) is 4.99 Å². The number of carbonyl (C=O) groups excluding carboxylic acids is 1. The standard InChI is InChI=1S/C18H15NO3/c1-2-21-16-11-7-6-10-14(16)12-15-18(20)22-17(19-15)13-8-4-3-5-9-13/h3-12H,2H2,1H3. The number of rotatable bonds is 4. The van der Waals surface area contributed by atoms with E-state index in [1.807, 2.05) is 61.5 Å². The van der Waals surface area contributed by atoms with Gasteiger partial charge in [-0.3, -0.25) is 0 Å². The second-order valence-electron chi connectivity index (χ2n) is 4.67. The highest BCUT2D eigenvalue weighted by Gasteiger charge is 2.24. The van der Waals surface area contributed by atoms with Crippen molar-refractivity contribution in [2.45, 2.75) is 6.92 Å². The maximum absolute atomic E-state index is 12.0. The third-order valence-corrected chi connectivity index (χ3v) is 3.15. The molecule has 0 spiro atoms. The van der Waals surface area contributed by atoms with Crippen LogP contribution in [0, 0.1) is 0 Å². The first-order valence-electron chi connectivity index (χ1n) is 7.07. The third-order valence-electron chi connectivity index (χ3n) is 3.15. The Morgan fingerprint density at radius 3 is 2.59 bits per heavy atom. The molecule has 0 atom stereocenters. The van der Waals surface area contributed by atoms with E-state index in [0.717, 1.165) is 11.1 Å². The van der Waals surface area contributed by atoms with Crippen molar-refractivity contribution in [1.82, 2.24) is 0 Å². The maximum Gasteiger partial charge on any atom is 0.363 e. The summed E-state index contributed by atoms with van der Waals surface area (Å²) in [5, 5.41) is 0. The Hall–Kier alpha value is -2.88. The molecular weight excluding hydrogens is 278 g/mol. The number of benzene rings is 2. The fourth-order valence-electron chi connectivity index (χ4n) is 2.15. The topological polar surface area (TPSA) is 47.9 Å². The molecule has 0 bridgehead atoms. The van der Waals surface area contributed by atoms with Crippen molar-refractivity contribution in [3.8, 4) is 5.75 Å². The molecule has 0 fully saturated rings. The second kappa shape index (κ2) is 6.26. The third kappa shape index (κ3) is 2.91. The van der Waals surface area contributed by atoms with E-state index >= 15 is 0 Å². The maximum atomic E-state index is 12.0. The summed E-state index contributed by atoms with van der Waals surface area (Å²) in [6.45, 7) is 2.47. The summed E-state index contributed by atoms with van der Waals surface area (Å²) in [5.41, 5.74) is 1.85. The molecule has 4 nitrogen and oxygen atoms in total. The van der Waals surface area contributed by atoms with Crippen LogP contribution < -0.4 is 4.74 Å². The van der Waals surface area contributed by atoms with Gasteiger partial charge >= 0.3 is 5.97 Å². The molecule has 1 aliphatic heterocycles. The predicted molar refractivity (Wildman–Crippen MR) is 84.7 cm³/mol. The summed E-state index contributed by atoms with van der Waals surface area (Å²) in [5.74, 6) is 0.588. The molecule has 110 valence electrons. The fourth-order valence-corrected chi connectivity index (χ4v) is 2.15. The SMILES string of the molecule is CCOc1ccccc1C=C1N=C(c2ccccc2)OC1=O. The van der Waals surface area contributed by atoms with Crippen molar-refractivity contribution in [3.63, 3.8) is 0 Å². The Morgan fingerprint density at radius 2 is 1.82 bits per heavy atom. The molecule has 2 aromatic rings. The lowest BCUT2D eigenvalue weighted by atomic mass is 10.1. The first-order chi connectivity index (χ1) is 10.8. The molecule has 22 heavy (non-hydrogen) atoms. The molecule has 0 aromatic heterocycles. The van der Waals surface area contributed by atoms with Crippen LogP contribution in [0.1, 0.15) is 18.1 Å². The molecule has 0 aliphatic carbocycles. The Kier molecular flexibility index (Phi) is 4.01. The van der Waals surface area contributed by atoms with Gasteiger partial charge < -0.3 is 9.47 Å². The van der Waals surface area contributed by atoms with E-state index in [4.69, 9.17) is 9.47 Å². The van der Waals surface area contributed by atoms with Crippen LogP contribution in [-0.4, -0.2) is 18.5 Å². The summed E-state index contributed by atoms with van der Waals surface area (Å²) in [6, 6.07) is 16.9. The normalized spacial score (nSPS) is 15.6. The molecule has 0 saturated heterocycles. The average Bonchev–Trinajstić information content (AvgIpc) is 2.91. The highest BCUT2D eigenvalue weighted by atomic mass is 16.6. The van der Waals surface area contributed by atoms with E-state index < -0.39 is 5.97 Å². The van der Waals surface area contributed by atoms with Gasteiger partial charge in [-0.1, -0.05) is 36.4 Å². The Morgan fingerprint density at radius 1 is 1.09 bits per heavy atom. The van der Waals surface area contributed by atoms with Gasteiger partial charge in [0.25, 0.3) is 0 Å². The van der Waals surface area contributed by atoms with Crippen molar-refractivity contribution >= 4 is 17.9 Å². The van der Waals surface area contributed by atoms with Crippen molar-refractivity contribution in [2.24, 2.45) is 4.99 Å². The average molecular weight is 293 g/mol. The van der Waals surface area contributed by atoms with Crippen LogP contribution in [0.5, 0.6) is 5.75 Å². The molecule has 0 unspecified atom stereocenters. The minimum Gasteiger partial charge on any atom is -0.493 e. The van der Waals surface area contributed by atoms with Crippen LogP contribution in [0.4, 0.5) is 0 Å². The highest BCUT2D eigenvalue weighted by Crippen LogP contribution is 2.24. The zero-order chi connectivity index (χ0) is 15.4. The largest absolute Gasteiger partial charge is 0.493 e. The number of hydrogen-bond donors (Lipinski definition) is 0. The number of para-hydroxylation sites is 1. The molecule has 1 heterocycles. The number of nitrogens with zero attached hydrogens (tertiary/aromatic N) is 1. The Bertz CT molecular complexity index is 748. The van der Waals surface area contributed by atoms with Gasteiger partial charge in [-0.05, 0) is 31.2 Å². The van der Waals surface area contributed by atoms with Crippen LogP contribution in [0.25, 0.3) is 6.08 Å². The number of cyclic esters (lactones) is 1. The van der Waals surface area contributed by atoms with E-state index in [1.165, 1.54) is 0 Å². The number of aliphatic imine (C=N–C) groups is 1. The summed E-state index contributed by atoms with van der Waals surface area (Å²) in [7, 11) is 0. The van der Waals surface area contributed by atoms with E-state index in [0.29, 0.717) is 18.3 Å². The molecular formula is C18H15NO3. The molecule has 2 aromatic carbocycles. The summed E-state index contributed by atoms with van der Waals surface area (Å²) >= 11 is 0. The van der Waals surface area contributed by atoms with Gasteiger partial charge in [0, 0.05) is 11.1 Å². The van der Waals surface area contributed by atoms with Gasteiger partial charge in [0.2, 0.25) is 5.90 Å².